The minimum absolute atomic E-state index is 0.147. The number of hydrogen-bond donors (Lipinski definition) is 2. The Kier molecular flexibility index (Phi) is 3.28. The molecule has 0 aliphatic heterocycles. The summed E-state index contributed by atoms with van der Waals surface area (Å²) in [5.74, 6) is 0. The first-order valence-corrected chi connectivity index (χ1v) is 5.53. The smallest absolute Gasteiger partial charge is 0.273 e. The Labute approximate surface area is 96.2 Å². The van der Waals surface area contributed by atoms with E-state index in [4.69, 9.17) is 5.11 Å². The lowest BCUT2D eigenvalue weighted by molar-refractivity contribution is 0.285. The van der Waals surface area contributed by atoms with Crippen LogP contribution in [0.1, 0.15) is 4.88 Å². The van der Waals surface area contributed by atoms with Gasteiger partial charge in [0.05, 0.1) is 6.61 Å². The van der Waals surface area contributed by atoms with Crippen molar-refractivity contribution in [3.05, 3.63) is 51.6 Å². The molecule has 0 bridgehead atoms. The van der Waals surface area contributed by atoms with Crippen LogP contribution >= 0.6 is 11.3 Å². The van der Waals surface area contributed by atoms with Crippen molar-refractivity contribution in [1.82, 2.24) is 4.98 Å². The number of aliphatic hydroxyl groups is 1. The van der Waals surface area contributed by atoms with Crippen LogP contribution in [0, 0.1) is 0 Å². The third-order valence-electron chi connectivity index (χ3n) is 1.90. The van der Waals surface area contributed by atoms with Crippen molar-refractivity contribution >= 4 is 22.2 Å². The van der Waals surface area contributed by atoms with Gasteiger partial charge in [-0.1, -0.05) is 18.2 Å². The fraction of sp³-hybridized carbons (Fsp3) is 0.0909. The molecule has 16 heavy (non-hydrogen) atoms. The maximum absolute atomic E-state index is 11.2. The molecule has 0 fully saturated rings. The van der Waals surface area contributed by atoms with E-state index in [2.05, 4.69) is 10.3 Å². The predicted molar refractivity (Wildman–Crippen MR) is 64.0 cm³/mol. The molecule has 0 spiro atoms. The third kappa shape index (κ3) is 2.65. The van der Waals surface area contributed by atoms with Crippen LogP contribution in [0.2, 0.25) is 0 Å². The van der Waals surface area contributed by atoms with E-state index in [0.717, 1.165) is 5.69 Å². The van der Waals surface area contributed by atoms with Gasteiger partial charge in [0, 0.05) is 16.6 Å². The monoisotopic (exact) mass is 234 g/mol. The van der Waals surface area contributed by atoms with E-state index >= 15 is 0 Å². The predicted octanol–water partition coefficient (Wildman–Crippen LogP) is 1.74. The Morgan fingerprint density at radius 2 is 2.06 bits per heavy atom. The number of aliphatic hydroxyl groups excluding tert-OH is 1. The Bertz CT molecular complexity index is 525. The molecule has 1 heterocycles. The van der Waals surface area contributed by atoms with Crippen molar-refractivity contribution in [2.75, 3.05) is 5.32 Å². The van der Waals surface area contributed by atoms with E-state index in [-0.39, 0.29) is 12.2 Å². The highest BCUT2D eigenvalue weighted by molar-refractivity contribution is 7.15. The second-order valence-electron chi connectivity index (χ2n) is 3.12. The minimum Gasteiger partial charge on any atom is -0.391 e. The second-order valence-corrected chi connectivity index (χ2v) is 4.23. The molecule has 0 radical (unpaired) electrons. The van der Waals surface area contributed by atoms with Gasteiger partial charge in [0.15, 0.2) is 5.13 Å². The Morgan fingerprint density at radius 3 is 2.75 bits per heavy atom. The van der Waals surface area contributed by atoms with Gasteiger partial charge in [-0.05, 0) is 12.1 Å². The number of nitrogens with zero attached hydrogens (tertiary/aromatic N) is 1. The Balaban J connectivity index is 2.28. The topological polar surface area (TPSA) is 62.2 Å². The first-order chi connectivity index (χ1) is 7.78. The van der Waals surface area contributed by atoms with Crippen molar-refractivity contribution in [2.24, 2.45) is 0 Å². The van der Waals surface area contributed by atoms with Crippen molar-refractivity contribution < 1.29 is 5.11 Å². The summed E-state index contributed by atoms with van der Waals surface area (Å²) in [6, 6.07) is 10.8. The van der Waals surface area contributed by atoms with Crippen molar-refractivity contribution in [2.45, 2.75) is 6.61 Å². The number of benzene rings is 1. The molecule has 82 valence electrons. The number of nitrogens with one attached hydrogen (secondary N) is 1. The second kappa shape index (κ2) is 4.87. The molecule has 0 saturated carbocycles. The van der Waals surface area contributed by atoms with Crippen molar-refractivity contribution in [1.29, 1.82) is 0 Å². The summed E-state index contributed by atoms with van der Waals surface area (Å²) in [5.41, 5.74) is 0.516. The molecule has 0 amide bonds. The zero-order chi connectivity index (χ0) is 11.4. The van der Waals surface area contributed by atoms with Crippen LogP contribution in [0.4, 0.5) is 10.8 Å². The average Bonchev–Trinajstić information content (AvgIpc) is 2.29. The Hall–Kier alpha value is -1.72. The van der Waals surface area contributed by atoms with E-state index in [1.165, 1.54) is 17.4 Å². The molecule has 0 atom stereocenters. The summed E-state index contributed by atoms with van der Waals surface area (Å²) in [6.45, 7) is -0.147. The molecule has 2 rings (SSSR count). The molecule has 0 aliphatic carbocycles. The summed E-state index contributed by atoms with van der Waals surface area (Å²) >= 11 is 1.26. The summed E-state index contributed by atoms with van der Waals surface area (Å²) in [6.07, 6.45) is 0. The quantitative estimate of drug-likeness (QED) is 0.849. The SMILES string of the molecule is O=c1cc(CO)sc(Nc2ccccc2)n1. The summed E-state index contributed by atoms with van der Waals surface area (Å²) in [4.78, 5) is 15.6. The first-order valence-electron chi connectivity index (χ1n) is 4.72. The van der Waals surface area contributed by atoms with Gasteiger partial charge in [0.25, 0.3) is 5.56 Å². The standard InChI is InChI=1S/C11H10N2O2S/c14-7-9-6-10(15)13-11(16-9)12-8-4-2-1-3-5-8/h1-6,14H,7H2,(H,12,13,15). The van der Waals surface area contributed by atoms with Gasteiger partial charge in [-0.2, -0.15) is 4.98 Å². The highest BCUT2D eigenvalue weighted by Crippen LogP contribution is 2.19. The van der Waals surface area contributed by atoms with Crippen LogP contribution in [0.25, 0.3) is 0 Å². The van der Waals surface area contributed by atoms with Crippen LogP contribution in [0.15, 0.2) is 41.2 Å². The molecule has 1 aromatic carbocycles. The first kappa shape index (κ1) is 10.8. The van der Waals surface area contributed by atoms with E-state index in [0.29, 0.717) is 10.0 Å². The number of hydrogen-bond acceptors (Lipinski definition) is 5. The molecule has 1 aromatic heterocycles. The lowest BCUT2D eigenvalue weighted by atomic mass is 10.3. The molecule has 0 aliphatic rings. The summed E-state index contributed by atoms with van der Waals surface area (Å²) in [7, 11) is 0. The average molecular weight is 234 g/mol. The van der Waals surface area contributed by atoms with Crippen LogP contribution in [-0.2, 0) is 6.61 Å². The fourth-order valence-corrected chi connectivity index (χ4v) is 2.00. The maximum atomic E-state index is 11.2. The van der Waals surface area contributed by atoms with Crippen molar-refractivity contribution in [3.8, 4) is 0 Å². The Morgan fingerprint density at radius 1 is 1.31 bits per heavy atom. The van der Waals surface area contributed by atoms with E-state index in [1.807, 2.05) is 30.3 Å². The van der Waals surface area contributed by atoms with Gasteiger partial charge in [0.1, 0.15) is 0 Å². The van der Waals surface area contributed by atoms with E-state index < -0.39 is 0 Å². The van der Waals surface area contributed by atoms with Crippen LogP contribution in [0.3, 0.4) is 0 Å². The zero-order valence-corrected chi connectivity index (χ0v) is 9.20. The molecule has 2 N–H and O–H groups in total. The number of rotatable bonds is 3. The normalized spacial score (nSPS) is 10.1. The lowest BCUT2D eigenvalue weighted by Gasteiger charge is -2.04. The number of aromatic nitrogens is 1. The summed E-state index contributed by atoms with van der Waals surface area (Å²) in [5, 5.41) is 12.5. The maximum Gasteiger partial charge on any atom is 0.273 e. The molecule has 2 aromatic rings. The molecule has 5 heteroatoms. The largest absolute Gasteiger partial charge is 0.391 e. The van der Waals surface area contributed by atoms with Crippen molar-refractivity contribution in [3.63, 3.8) is 0 Å². The molecule has 4 nitrogen and oxygen atoms in total. The van der Waals surface area contributed by atoms with Crippen LogP contribution in [-0.4, -0.2) is 10.1 Å². The van der Waals surface area contributed by atoms with Gasteiger partial charge in [-0.3, -0.25) is 4.79 Å². The molecule has 0 saturated heterocycles. The van der Waals surface area contributed by atoms with Crippen LogP contribution in [0.5, 0.6) is 0 Å². The zero-order valence-electron chi connectivity index (χ0n) is 8.38. The number of anilines is 2. The fourth-order valence-electron chi connectivity index (χ4n) is 1.22. The van der Waals surface area contributed by atoms with Gasteiger partial charge < -0.3 is 10.4 Å². The molecule has 0 unspecified atom stereocenters. The molecular weight excluding hydrogens is 224 g/mol. The highest BCUT2D eigenvalue weighted by Gasteiger charge is 2.01. The van der Waals surface area contributed by atoms with E-state index in [1.54, 1.807) is 0 Å². The van der Waals surface area contributed by atoms with Gasteiger partial charge in [-0.15, -0.1) is 11.3 Å². The van der Waals surface area contributed by atoms with Gasteiger partial charge in [-0.25, -0.2) is 0 Å². The third-order valence-corrected chi connectivity index (χ3v) is 2.80. The highest BCUT2D eigenvalue weighted by atomic mass is 32.1. The lowest BCUT2D eigenvalue weighted by Crippen LogP contribution is -2.07. The van der Waals surface area contributed by atoms with Crippen LogP contribution < -0.4 is 10.9 Å². The minimum atomic E-state index is -0.346. The van der Waals surface area contributed by atoms with Gasteiger partial charge >= 0.3 is 0 Å². The van der Waals surface area contributed by atoms with Gasteiger partial charge in [0.2, 0.25) is 0 Å². The van der Waals surface area contributed by atoms with E-state index in [9.17, 15) is 4.79 Å². The number of para-hydroxylation sites is 1. The molecular formula is C11H10N2O2S. The summed E-state index contributed by atoms with van der Waals surface area (Å²) < 4.78 is 0.